The Kier molecular flexibility index (Phi) is 2.80. The molecule has 0 spiro atoms. The Labute approximate surface area is 120 Å². The van der Waals surface area contributed by atoms with Gasteiger partial charge in [-0.15, -0.1) is 0 Å². The van der Waals surface area contributed by atoms with Crippen LogP contribution >= 0.6 is 22.6 Å². The maximum absolute atomic E-state index is 11.3. The molecule has 3 nitrogen and oxygen atoms in total. The van der Waals surface area contributed by atoms with Crippen molar-refractivity contribution in [2.75, 3.05) is 11.4 Å². The fourth-order valence-electron chi connectivity index (χ4n) is 3.32. The second-order valence-electron chi connectivity index (χ2n) is 5.78. The maximum Gasteiger partial charge on any atom is 0.337 e. The number of aromatic carboxylic acids is 1. The van der Waals surface area contributed by atoms with Gasteiger partial charge < -0.3 is 10.0 Å². The Morgan fingerprint density at radius 3 is 2.78 bits per heavy atom. The van der Waals surface area contributed by atoms with Gasteiger partial charge in [-0.25, -0.2) is 4.79 Å². The summed E-state index contributed by atoms with van der Waals surface area (Å²) in [6.45, 7) is 3.33. The van der Waals surface area contributed by atoms with E-state index in [0.29, 0.717) is 17.0 Å². The van der Waals surface area contributed by atoms with Crippen LogP contribution in [0.25, 0.3) is 0 Å². The van der Waals surface area contributed by atoms with Gasteiger partial charge in [0.05, 0.1) is 11.3 Å². The number of hydrogen-bond donors (Lipinski definition) is 1. The molecule has 4 heteroatoms. The molecule has 0 amide bonds. The Balaban J connectivity index is 1.96. The summed E-state index contributed by atoms with van der Waals surface area (Å²) in [4.78, 5) is 13.6. The van der Waals surface area contributed by atoms with E-state index in [0.717, 1.165) is 15.8 Å². The third kappa shape index (κ3) is 1.90. The number of rotatable bonds is 2. The van der Waals surface area contributed by atoms with Crippen molar-refractivity contribution < 1.29 is 9.90 Å². The molecular formula is C14H16INO2. The van der Waals surface area contributed by atoms with Crippen molar-refractivity contribution in [2.45, 2.75) is 32.2 Å². The number of nitrogens with zero attached hydrogens (tertiary/aromatic N) is 1. The van der Waals surface area contributed by atoms with Crippen LogP contribution in [0.3, 0.4) is 0 Å². The average molecular weight is 357 g/mol. The van der Waals surface area contributed by atoms with Crippen LogP contribution in [0.1, 0.15) is 36.5 Å². The molecule has 0 aromatic heterocycles. The number of piperidine rings is 2. The molecule has 96 valence electrons. The van der Waals surface area contributed by atoms with Gasteiger partial charge in [0.2, 0.25) is 0 Å². The van der Waals surface area contributed by atoms with Crippen LogP contribution in [-0.2, 0) is 0 Å². The number of benzene rings is 1. The second kappa shape index (κ2) is 4.11. The third-order valence-corrected chi connectivity index (χ3v) is 5.02. The van der Waals surface area contributed by atoms with Crippen LogP contribution in [0.4, 0.5) is 5.69 Å². The van der Waals surface area contributed by atoms with E-state index in [1.807, 2.05) is 12.1 Å². The lowest BCUT2D eigenvalue weighted by Crippen LogP contribution is -2.57. The maximum atomic E-state index is 11.3. The molecule has 1 aliphatic carbocycles. The Hall–Kier alpha value is -0.780. The molecule has 1 N–H and O–H groups in total. The minimum atomic E-state index is -0.825. The smallest absolute Gasteiger partial charge is 0.337 e. The van der Waals surface area contributed by atoms with E-state index in [1.54, 1.807) is 6.07 Å². The first-order valence-corrected chi connectivity index (χ1v) is 7.36. The van der Waals surface area contributed by atoms with Crippen LogP contribution in [0.2, 0.25) is 0 Å². The molecule has 18 heavy (non-hydrogen) atoms. The van der Waals surface area contributed by atoms with E-state index in [2.05, 4.69) is 34.4 Å². The lowest BCUT2D eigenvalue weighted by molar-refractivity contribution is 0.0684. The van der Waals surface area contributed by atoms with Crippen LogP contribution in [-0.4, -0.2) is 23.7 Å². The van der Waals surface area contributed by atoms with Crippen LogP contribution in [0.5, 0.6) is 0 Å². The molecule has 2 aliphatic heterocycles. The minimum Gasteiger partial charge on any atom is -0.478 e. The van der Waals surface area contributed by atoms with Gasteiger partial charge in [0.1, 0.15) is 0 Å². The van der Waals surface area contributed by atoms with Crippen molar-refractivity contribution in [3.63, 3.8) is 0 Å². The molecule has 1 saturated carbocycles. The molecule has 4 rings (SSSR count). The van der Waals surface area contributed by atoms with Crippen molar-refractivity contribution in [1.29, 1.82) is 0 Å². The van der Waals surface area contributed by atoms with Crippen LogP contribution in [0, 0.1) is 8.99 Å². The number of carboxylic acid groups (broad SMARTS) is 1. The first-order valence-electron chi connectivity index (χ1n) is 6.28. The summed E-state index contributed by atoms with van der Waals surface area (Å²) in [7, 11) is 0. The molecule has 2 bridgehead atoms. The summed E-state index contributed by atoms with van der Waals surface area (Å²) in [6, 6.07) is 6.14. The first kappa shape index (κ1) is 12.3. The average Bonchev–Trinajstić information content (AvgIpc) is 2.27. The molecule has 2 saturated heterocycles. The molecule has 0 radical (unpaired) electrons. The highest BCUT2D eigenvalue weighted by Gasteiger charge is 2.47. The summed E-state index contributed by atoms with van der Waals surface area (Å²) in [5.74, 6) is -0.825. The van der Waals surface area contributed by atoms with Gasteiger partial charge in [0.25, 0.3) is 0 Å². The summed E-state index contributed by atoms with van der Waals surface area (Å²) in [6.07, 6.45) is 3.59. The first-order chi connectivity index (χ1) is 8.48. The quantitative estimate of drug-likeness (QED) is 0.826. The topological polar surface area (TPSA) is 40.5 Å². The highest BCUT2D eigenvalue weighted by Crippen LogP contribution is 2.51. The van der Waals surface area contributed by atoms with Gasteiger partial charge in [-0.05, 0) is 65.5 Å². The van der Waals surface area contributed by atoms with Crippen molar-refractivity contribution in [3.05, 3.63) is 27.3 Å². The Morgan fingerprint density at radius 1 is 1.50 bits per heavy atom. The van der Waals surface area contributed by atoms with E-state index in [4.69, 9.17) is 0 Å². The minimum absolute atomic E-state index is 0.436. The Bertz CT molecular complexity index is 503. The van der Waals surface area contributed by atoms with E-state index < -0.39 is 5.97 Å². The van der Waals surface area contributed by atoms with E-state index >= 15 is 0 Å². The van der Waals surface area contributed by atoms with Crippen molar-refractivity contribution in [2.24, 2.45) is 5.41 Å². The van der Waals surface area contributed by atoms with Gasteiger partial charge in [-0.2, -0.15) is 0 Å². The Morgan fingerprint density at radius 2 is 2.22 bits per heavy atom. The summed E-state index contributed by atoms with van der Waals surface area (Å²) >= 11 is 2.24. The van der Waals surface area contributed by atoms with E-state index in [1.165, 1.54) is 19.3 Å². The standard InChI is InChI=1S/C14H16INO2/c1-14-4-5-16(10(7-14)8-14)12-6-9(15)2-3-11(12)13(17)18/h2-3,6,10H,4-5,7-8H2,1H3,(H,17,18). The predicted octanol–water partition coefficient (Wildman–Crippen LogP) is 3.37. The van der Waals surface area contributed by atoms with Crippen LogP contribution < -0.4 is 4.90 Å². The van der Waals surface area contributed by atoms with Crippen LogP contribution in [0.15, 0.2) is 18.2 Å². The lowest BCUT2D eigenvalue weighted by Gasteiger charge is -2.57. The molecule has 3 fully saturated rings. The molecule has 1 aromatic rings. The zero-order valence-corrected chi connectivity index (χ0v) is 12.5. The van der Waals surface area contributed by atoms with E-state index in [-0.39, 0.29) is 0 Å². The molecule has 1 aromatic carbocycles. The summed E-state index contributed by atoms with van der Waals surface area (Å²) in [5.41, 5.74) is 1.86. The fourth-order valence-corrected chi connectivity index (χ4v) is 3.79. The monoisotopic (exact) mass is 357 g/mol. The van der Waals surface area contributed by atoms with Crippen molar-refractivity contribution in [1.82, 2.24) is 0 Å². The highest BCUT2D eigenvalue weighted by molar-refractivity contribution is 14.1. The predicted molar refractivity (Wildman–Crippen MR) is 79.2 cm³/mol. The number of halogens is 1. The molecule has 2 heterocycles. The summed E-state index contributed by atoms with van der Waals surface area (Å²) in [5, 5.41) is 9.31. The normalized spacial score (nSPS) is 29.9. The number of fused-ring (bicyclic) bond motifs is 2. The summed E-state index contributed by atoms with van der Waals surface area (Å²) < 4.78 is 1.10. The van der Waals surface area contributed by atoms with Crippen molar-refractivity contribution >= 4 is 34.2 Å². The van der Waals surface area contributed by atoms with E-state index in [9.17, 15) is 9.90 Å². The second-order valence-corrected chi connectivity index (χ2v) is 7.03. The molecular weight excluding hydrogens is 341 g/mol. The lowest BCUT2D eigenvalue weighted by atomic mass is 9.61. The van der Waals surface area contributed by atoms with Gasteiger partial charge in [0, 0.05) is 16.2 Å². The largest absolute Gasteiger partial charge is 0.478 e. The zero-order valence-electron chi connectivity index (χ0n) is 10.3. The van der Waals surface area contributed by atoms with Gasteiger partial charge >= 0.3 is 5.97 Å². The SMILES string of the molecule is CC12CCN(c3cc(I)ccc3C(=O)O)C(C1)C2. The molecule has 0 atom stereocenters. The molecule has 3 aliphatic rings. The number of carboxylic acids is 1. The fraction of sp³-hybridized carbons (Fsp3) is 0.500. The number of carbonyl (C=O) groups is 1. The highest BCUT2D eigenvalue weighted by atomic mass is 127. The van der Waals surface area contributed by atoms with Crippen molar-refractivity contribution in [3.8, 4) is 0 Å². The number of anilines is 1. The zero-order chi connectivity index (χ0) is 12.9. The third-order valence-electron chi connectivity index (χ3n) is 4.35. The number of hydrogen-bond acceptors (Lipinski definition) is 2. The molecule has 0 unspecified atom stereocenters. The van der Waals surface area contributed by atoms with Gasteiger partial charge in [-0.1, -0.05) is 6.92 Å². The van der Waals surface area contributed by atoms with Gasteiger partial charge in [0.15, 0.2) is 0 Å². The van der Waals surface area contributed by atoms with Gasteiger partial charge in [-0.3, -0.25) is 0 Å².